The van der Waals surface area contributed by atoms with Crippen molar-refractivity contribution in [2.45, 2.75) is 51.5 Å². The van der Waals surface area contributed by atoms with E-state index in [4.69, 9.17) is 0 Å². The molecule has 1 saturated carbocycles. The van der Waals surface area contributed by atoms with Gasteiger partial charge < -0.3 is 10.6 Å². The SMILES string of the molecule is Cc1cc(C)nc(NCCCN2C(=O)NC3(CCCC3)C2=O)n1. The van der Waals surface area contributed by atoms with Gasteiger partial charge in [0, 0.05) is 24.5 Å². The fourth-order valence-electron chi connectivity index (χ4n) is 3.44. The molecule has 0 aromatic carbocycles. The zero-order valence-electron chi connectivity index (χ0n) is 13.7. The average Bonchev–Trinajstić information content (AvgIpc) is 3.03. The van der Waals surface area contributed by atoms with Crippen LogP contribution in [0.15, 0.2) is 6.07 Å². The highest BCUT2D eigenvalue weighted by Crippen LogP contribution is 2.34. The number of anilines is 1. The van der Waals surface area contributed by atoms with Crippen LogP contribution in [-0.4, -0.2) is 45.4 Å². The van der Waals surface area contributed by atoms with Gasteiger partial charge in [0.05, 0.1) is 0 Å². The molecule has 0 atom stereocenters. The van der Waals surface area contributed by atoms with E-state index in [-0.39, 0.29) is 11.9 Å². The first kappa shape index (κ1) is 15.7. The van der Waals surface area contributed by atoms with Crippen molar-refractivity contribution >= 4 is 17.9 Å². The van der Waals surface area contributed by atoms with Crippen molar-refractivity contribution in [1.29, 1.82) is 0 Å². The summed E-state index contributed by atoms with van der Waals surface area (Å²) < 4.78 is 0. The van der Waals surface area contributed by atoms with Crippen LogP contribution in [0.3, 0.4) is 0 Å². The lowest BCUT2D eigenvalue weighted by atomic mass is 9.98. The first-order chi connectivity index (χ1) is 11.0. The van der Waals surface area contributed by atoms with E-state index in [1.807, 2.05) is 19.9 Å². The van der Waals surface area contributed by atoms with Crippen molar-refractivity contribution < 1.29 is 9.59 Å². The highest BCUT2D eigenvalue weighted by molar-refractivity contribution is 6.07. The molecule has 0 radical (unpaired) electrons. The second-order valence-corrected chi connectivity index (χ2v) is 6.43. The maximum absolute atomic E-state index is 12.5. The molecule has 2 heterocycles. The van der Waals surface area contributed by atoms with Crippen molar-refractivity contribution in [1.82, 2.24) is 20.2 Å². The van der Waals surface area contributed by atoms with Gasteiger partial charge in [-0.05, 0) is 39.2 Å². The van der Waals surface area contributed by atoms with Crippen LogP contribution < -0.4 is 10.6 Å². The van der Waals surface area contributed by atoms with Gasteiger partial charge in [-0.25, -0.2) is 14.8 Å². The third-order valence-corrected chi connectivity index (χ3v) is 4.53. The van der Waals surface area contributed by atoms with Gasteiger partial charge >= 0.3 is 6.03 Å². The number of urea groups is 1. The number of carbonyl (C=O) groups excluding carboxylic acids is 2. The second kappa shape index (κ2) is 6.14. The van der Waals surface area contributed by atoms with Crippen molar-refractivity contribution in [3.8, 4) is 0 Å². The third-order valence-electron chi connectivity index (χ3n) is 4.53. The lowest BCUT2D eigenvalue weighted by molar-refractivity contribution is -0.131. The van der Waals surface area contributed by atoms with E-state index in [2.05, 4.69) is 20.6 Å². The number of nitrogens with zero attached hydrogens (tertiary/aromatic N) is 3. The van der Waals surface area contributed by atoms with Crippen LogP contribution in [0.25, 0.3) is 0 Å². The molecule has 2 aliphatic rings. The Morgan fingerprint density at radius 2 is 1.87 bits per heavy atom. The monoisotopic (exact) mass is 317 g/mol. The fourth-order valence-corrected chi connectivity index (χ4v) is 3.44. The molecule has 0 unspecified atom stereocenters. The first-order valence-corrected chi connectivity index (χ1v) is 8.20. The second-order valence-electron chi connectivity index (χ2n) is 6.43. The summed E-state index contributed by atoms with van der Waals surface area (Å²) in [5, 5.41) is 6.04. The van der Waals surface area contributed by atoms with Crippen LogP contribution in [0.4, 0.5) is 10.7 Å². The summed E-state index contributed by atoms with van der Waals surface area (Å²) in [4.78, 5) is 34.5. The molecule has 7 heteroatoms. The summed E-state index contributed by atoms with van der Waals surface area (Å²) in [7, 11) is 0. The first-order valence-electron chi connectivity index (χ1n) is 8.20. The molecule has 3 rings (SSSR count). The number of aromatic nitrogens is 2. The molecule has 23 heavy (non-hydrogen) atoms. The van der Waals surface area contributed by atoms with Crippen LogP contribution >= 0.6 is 0 Å². The number of hydrogen-bond acceptors (Lipinski definition) is 5. The molecule has 1 aromatic heterocycles. The minimum absolute atomic E-state index is 0.0531. The van der Waals surface area contributed by atoms with Gasteiger partial charge in [0.1, 0.15) is 5.54 Å². The lowest BCUT2D eigenvalue weighted by Crippen LogP contribution is -2.44. The molecule has 1 aromatic rings. The lowest BCUT2D eigenvalue weighted by Gasteiger charge is -2.20. The van der Waals surface area contributed by atoms with Gasteiger partial charge in [0.25, 0.3) is 5.91 Å². The Bertz CT molecular complexity index is 605. The zero-order valence-corrected chi connectivity index (χ0v) is 13.7. The summed E-state index contributed by atoms with van der Waals surface area (Å²) in [5.74, 6) is 0.537. The summed E-state index contributed by atoms with van der Waals surface area (Å²) in [6.07, 6.45) is 4.22. The largest absolute Gasteiger partial charge is 0.354 e. The molecule has 2 fully saturated rings. The summed E-state index contributed by atoms with van der Waals surface area (Å²) in [5.41, 5.74) is 1.22. The van der Waals surface area contributed by atoms with Crippen LogP contribution in [0.1, 0.15) is 43.5 Å². The fraction of sp³-hybridized carbons (Fsp3) is 0.625. The van der Waals surface area contributed by atoms with Crippen LogP contribution in [-0.2, 0) is 4.79 Å². The predicted molar refractivity (Wildman–Crippen MR) is 86.1 cm³/mol. The van der Waals surface area contributed by atoms with Crippen LogP contribution in [0.2, 0.25) is 0 Å². The molecule has 0 bridgehead atoms. The Morgan fingerprint density at radius 1 is 1.22 bits per heavy atom. The molecular formula is C16H23N5O2. The number of carbonyl (C=O) groups is 2. The molecule has 1 saturated heterocycles. The van der Waals surface area contributed by atoms with Crippen molar-refractivity contribution in [3.05, 3.63) is 17.5 Å². The summed E-state index contributed by atoms with van der Waals surface area (Å²) >= 11 is 0. The number of nitrogens with one attached hydrogen (secondary N) is 2. The van der Waals surface area contributed by atoms with Crippen molar-refractivity contribution in [2.75, 3.05) is 18.4 Å². The summed E-state index contributed by atoms with van der Waals surface area (Å²) in [6.45, 7) is 4.89. The van der Waals surface area contributed by atoms with E-state index in [1.165, 1.54) is 4.90 Å². The number of hydrogen-bond donors (Lipinski definition) is 2. The molecule has 2 N–H and O–H groups in total. The molecule has 1 spiro atoms. The molecule has 1 aliphatic carbocycles. The van der Waals surface area contributed by atoms with E-state index >= 15 is 0 Å². The van der Waals surface area contributed by atoms with Crippen molar-refractivity contribution in [2.24, 2.45) is 0 Å². The van der Waals surface area contributed by atoms with Gasteiger partial charge in [-0.15, -0.1) is 0 Å². The van der Waals surface area contributed by atoms with E-state index in [0.29, 0.717) is 25.5 Å². The van der Waals surface area contributed by atoms with E-state index in [1.54, 1.807) is 0 Å². The molecule has 124 valence electrons. The molecule has 3 amide bonds. The smallest absolute Gasteiger partial charge is 0.325 e. The molecular weight excluding hydrogens is 294 g/mol. The standard InChI is InChI=1S/C16H23N5O2/c1-11-10-12(2)19-14(18-11)17-8-5-9-21-13(22)16(20-15(21)23)6-3-4-7-16/h10H,3-9H2,1-2H3,(H,20,23)(H,17,18,19). The van der Waals surface area contributed by atoms with Gasteiger partial charge in [0.15, 0.2) is 0 Å². The van der Waals surface area contributed by atoms with E-state index < -0.39 is 5.54 Å². The average molecular weight is 317 g/mol. The number of imide groups is 1. The highest BCUT2D eigenvalue weighted by Gasteiger charge is 2.51. The minimum Gasteiger partial charge on any atom is -0.354 e. The van der Waals surface area contributed by atoms with E-state index in [9.17, 15) is 9.59 Å². The van der Waals surface area contributed by atoms with E-state index in [0.717, 1.165) is 37.1 Å². The zero-order chi connectivity index (χ0) is 16.4. The molecule has 7 nitrogen and oxygen atoms in total. The Kier molecular flexibility index (Phi) is 4.19. The Hall–Kier alpha value is -2.18. The van der Waals surface area contributed by atoms with Gasteiger partial charge in [0.2, 0.25) is 5.95 Å². The Labute approximate surface area is 135 Å². The quantitative estimate of drug-likeness (QED) is 0.638. The molecule has 1 aliphatic heterocycles. The number of rotatable bonds is 5. The third kappa shape index (κ3) is 3.13. The van der Waals surface area contributed by atoms with Gasteiger partial charge in [-0.1, -0.05) is 12.8 Å². The Morgan fingerprint density at radius 3 is 2.52 bits per heavy atom. The van der Waals surface area contributed by atoms with Crippen LogP contribution in [0, 0.1) is 13.8 Å². The number of amides is 3. The van der Waals surface area contributed by atoms with Crippen LogP contribution in [0.5, 0.6) is 0 Å². The maximum Gasteiger partial charge on any atom is 0.325 e. The van der Waals surface area contributed by atoms with Gasteiger partial charge in [-0.2, -0.15) is 0 Å². The summed E-state index contributed by atoms with van der Waals surface area (Å²) in [6, 6.07) is 1.67. The Balaban J connectivity index is 1.51. The minimum atomic E-state index is -0.610. The topological polar surface area (TPSA) is 87.2 Å². The maximum atomic E-state index is 12.5. The predicted octanol–water partition coefficient (Wildman–Crippen LogP) is 1.76. The normalized spacial score (nSPS) is 19.5. The number of aryl methyl sites for hydroxylation is 2. The van der Waals surface area contributed by atoms with Crippen molar-refractivity contribution in [3.63, 3.8) is 0 Å². The van der Waals surface area contributed by atoms with Gasteiger partial charge in [-0.3, -0.25) is 9.69 Å². The highest BCUT2D eigenvalue weighted by atomic mass is 16.2.